The molecule has 0 N–H and O–H groups in total. The largest absolute Gasteiger partial charge is 0.497 e. The number of hydrogen-bond donors (Lipinski definition) is 0. The highest BCUT2D eigenvalue weighted by Crippen LogP contribution is 2.66. The summed E-state index contributed by atoms with van der Waals surface area (Å²) in [7, 11) is -0.360. The molecule has 0 aromatic heterocycles. The standard InChI is InChI=1S/C35H47NO5S/c1-24-10-14-28(15-11-24)42(37,38)36-33(41-26-8-6-5-7-9-26)23-35(40-4)21-19-32-31-16-12-25-22-27(39-3)13-17-29(25)30(31)18-20-34(32,35)2/h10-11,13-15,17,22,26,30-32H,5-9,12,16,18-21,23H2,1-4H3/b36-33+/t30-,31-,32+,34+,35-/m1/s1. The van der Waals surface area contributed by atoms with E-state index in [2.05, 4.69) is 29.5 Å². The lowest BCUT2D eigenvalue weighted by Gasteiger charge is -2.54. The van der Waals surface area contributed by atoms with Crippen LogP contribution in [0, 0.1) is 24.2 Å². The van der Waals surface area contributed by atoms with E-state index in [9.17, 15) is 8.42 Å². The van der Waals surface area contributed by atoms with E-state index in [4.69, 9.17) is 14.2 Å². The van der Waals surface area contributed by atoms with Crippen molar-refractivity contribution < 1.29 is 22.6 Å². The molecule has 4 aliphatic rings. The van der Waals surface area contributed by atoms with Gasteiger partial charge in [-0.15, -0.1) is 4.40 Å². The van der Waals surface area contributed by atoms with Crippen molar-refractivity contribution in [1.82, 2.24) is 0 Å². The number of ether oxygens (including phenoxy) is 3. The minimum absolute atomic E-state index is 0.00667. The van der Waals surface area contributed by atoms with Crippen LogP contribution >= 0.6 is 0 Å². The minimum atomic E-state index is -3.91. The van der Waals surface area contributed by atoms with E-state index in [0.717, 1.165) is 69.1 Å². The lowest BCUT2D eigenvalue weighted by molar-refractivity contribution is -0.124. The number of sulfonamides is 1. The molecule has 0 aliphatic heterocycles. The molecule has 228 valence electrons. The van der Waals surface area contributed by atoms with Crippen LogP contribution in [-0.4, -0.2) is 40.2 Å². The summed E-state index contributed by atoms with van der Waals surface area (Å²) in [4.78, 5) is 0.206. The molecular formula is C35H47NO5S. The molecule has 6 nitrogen and oxygen atoms in total. The van der Waals surface area contributed by atoms with E-state index in [1.807, 2.05) is 26.2 Å². The van der Waals surface area contributed by atoms with Crippen molar-refractivity contribution >= 4 is 15.9 Å². The highest BCUT2D eigenvalue weighted by atomic mass is 32.2. The van der Waals surface area contributed by atoms with Crippen molar-refractivity contribution in [1.29, 1.82) is 0 Å². The number of benzene rings is 2. The van der Waals surface area contributed by atoms with Crippen LogP contribution in [0.4, 0.5) is 0 Å². The van der Waals surface area contributed by atoms with Gasteiger partial charge in [-0.05, 0) is 124 Å². The third-order valence-corrected chi connectivity index (χ3v) is 12.8. The Morgan fingerprint density at radius 3 is 2.43 bits per heavy atom. The first-order valence-electron chi connectivity index (χ1n) is 16.0. The third-order valence-electron chi connectivity index (χ3n) is 11.4. The molecule has 0 bridgehead atoms. The number of rotatable bonds is 7. The van der Waals surface area contributed by atoms with Gasteiger partial charge >= 0.3 is 0 Å². The zero-order valence-corrected chi connectivity index (χ0v) is 26.5. The van der Waals surface area contributed by atoms with Crippen LogP contribution in [0.25, 0.3) is 0 Å². The van der Waals surface area contributed by atoms with Gasteiger partial charge < -0.3 is 14.2 Å². The van der Waals surface area contributed by atoms with E-state index in [0.29, 0.717) is 30.1 Å². The van der Waals surface area contributed by atoms with Crippen LogP contribution in [0.2, 0.25) is 0 Å². The molecule has 5 atom stereocenters. The van der Waals surface area contributed by atoms with E-state index in [1.54, 1.807) is 19.2 Å². The Morgan fingerprint density at radius 1 is 0.952 bits per heavy atom. The van der Waals surface area contributed by atoms with Crippen LogP contribution in [0.5, 0.6) is 5.75 Å². The van der Waals surface area contributed by atoms with E-state index < -0.39 is 15.6 Å². The second-order valence-corrected chi connectivity index (χ2v) is 15.1. The third kappa shape index (κ3) is 5.29. The Hall–Kier alpha value is -2.38. The topological polar surface area (TPSA) is 74.2 Å². The van der Waals surface area contributed by atoms with Crippen molar-refractivity contribution in [3.8, 4) is 5.75 Å². The maximum absolute atomic E-state index is 13.6. The average molecular weight is 594 g/mol. The fraction of sp³-hybridized carbons (Fsp3) is 0.629. The van der Waals surface area contributed by atoms with Crippen LogP contribution in [0.15, 0.2) is 51.8 Å². The van der Waals surface area contributed by atoms with Gasteiger partial charge in [0.15, 0.2) is 0 Å². The lowest BCUT2D eigenvalue weighted by Crippen LogP contribution is -2.53. The van der Waals surface area contributed by atoms with Crippen LogP contribution < -0.4 is 4.74 Å². The SMILES string of the molecule is COc1ccc2c(c1)CC[C@@H]1[C@@H]2CC[C@@]2(C)[C@H]1CC[C@]2(C/C(=N\S(=O)(=O)c1ccc(C)cc1)OC1CCCCC1)OC. The predicted molar refractivity (Wildman–Crippen MR) is 166 cm³/mol. The van der Waals surface area contributed by atoms with Crippen molar-refractivity contribution in [3.63, 3.8) is 0 Å². The Morgan fingerprint density at radius 2 is 1.71 bits per heavy atom. The monoisotopic (exact) mass is 593 g/mol. The summed E-state index contributed by atoms with van der Waals surface area (Å²) in [5, 5.41) is 0. The second-order valence-electron chi connectivity index (χ2n) is 13.5. The molecule has 7 heteroatoms. The first kappa shape index (κ1) is 29.7. The average Bonchev–Trinajstić information content (AvgIpc) is 3.29. The second kappa shape index (κ2) is 11.6. The normalized spacial score (nSPS) is 31.6. The summed E-state index contributed by atoms with van der Waals surface area (Å²) >= 11 is 0. The molecule has 2 aromatic carbocycles. The molecule has 0 saturated heterocycles. The summed E-state index contributed by atoms with van der Waals surface area (Å²) in [6.07, 6.45) is 12.1. The van der Waals surface area contributed by atoms with E-state index in [1.165, 1.54) is 24.0 Å². The van der Waals surface area contributed by atoms with E-state index in [-0.39, 0.29) is 16.4 Å². The molecule has 0 amide bonds. The zero-order chi connectivity index (χ0) is 29.5. The molecule has 4 aliphatic carbocycles. The number of hydrogen-bond acceptors (Lipinski definition) is 5. The Labute approximate surface area is 252 Å². The maximum atomic E-state index is 13.6. The number of methoxy groups -OCH3 is 2. The van der Waals surface area contributed by atoms with Gasteiger partial charge in [-0.3, -0.25) is 0 Å². The van der Waals surface area contributed by atoms with Gasteiger partial charge in [0.25, 0.3) is 10.0 Å². The molecule has 3 fully saturated rings. The zero-order valence-electron chi connectivity index (χ0n) is 25.7. The van der Waals surface area contributed by atoms with Gasteiger partial charge in [0.05, 0.1) is 24.0 Å². The van der Waals surface area contributed by atoms with Crippen molar-refractivity contribution in [2.45, 2.75) is 113 Å². The maximum Gasteiger partial charge on any atom is 0.285 e. The predicted octanol–water partition coefficient (Wildman–Crippen LogP) is 7.77. The van der Waals surface area contributed by atoms with Crippen molar-refractivity contribution in [2.24, 2.45) is 21.6 Å². The van der Waals surface area contributed by atoms with Crippen LogP contribution in [0.3, 0.4) is 0 Å². The lowest BCUT2D eigenvalue weighted by atomic mass is 9.53. The van der Waals surface area contributed by atoms with Gasteiger partial charge in [-0.25, -0.2) is 0 Å². The van der Waals surface area contributed by atoms with Gasteiger partial charge in [0, 0.05) is 12.5 Å². The fourth-order valence-corrected chi connectivity index (χ4v) is 10.0. The molecule has 0 spiro atoms. The summed E-state index contributed by atoms with van der Waals surface area (Å²) in [6.45, 7) is 4.36. The van der Waals surface area contributed by atoms with Gasteiger partial charge in [-0.1, -0.05) is 37.1 Å². The molecule has 42 heavy (non-hydrogen) atoms. The number of nitrogens with zero attached hydrogens (tertiary/aromatic N) is 1. The van der Waals surface area contributed by atoms with Crippen molar-refractivity contribution in [2.75, 3.05) is 14.2 Å². The Bertz CT molecular complexity index is 1410. The van der Waals surface area contributed by atoms with Crippen molar-refractivity contribution in [3.05, 3.63) is 59.2 Å². The number of fused-ring (bicyclic) bond motifs is 5. The van der Waals surface area contributed by atoms with Gasteiger partial charge in [-0.2, -0.15) is 8.42 Å². The first-order valence-corrected chi connectivity index (χ1v) is 17.4. The smallest absolute Gasteiger partial charge is 0.285 e. The molecule has 2 aromatic rings. The molecule has 0 heterocycles. The Kier molecular flexibility index (Phi) is 8.20. The molecule has 0 radical (unpaired) electrons. The summed E-state index contributed by atoms with van der Waals surface area (Å²) in [5.74, 6) is 2.93. The van der Waals surface area contributed by atoms with Crippen LogP contribution in [0.1, 0.15) is 100 Å². The van der Waals surface area contributed by atoms with E-state index >= 15 is 0 Å². The molecule has 6 rings (SSSR count). The summed E-state index contributed by atoms with van der Waals surface area (Å²) in [6, 6.07) is 13.6. The molecular weight excluding hydrogens is 546 g/mol. The highest BCUT2D eigenvalue weighted by molar-refractivity contribution is 7.90. The van der Waals surface area contributed by atoms with Gasteiger partial charge in [0.1, 0.15) is 11.9 Å². The summed E-state index contributed by atoms with van der Waals surface area (Å²) in [5.41, 5.74) is 3.35. The Balaban J connectivity index is 1.31. The van der Waals surface area contributed by atoms with Gasteiger partial charge in [0.2, 0.25) is 5.90 Å². The molecule has 0 unspecified atom stereocenters. The quantitative estimate of drug-likeness (QED) is 0.242. The number of aryl methyl sites for hydroxylation is 2. The van der Waals surface area contributed by atoms with Crippen LogP contribution in [-0.2, 0) is 25.9 Å². The first-order chi connectivity index (χ1) is 20.2. The fourth-order valence-electron chi connectivity index (χ4n) is 9.09. The minimum Gasteiger partial charge on any atom is -0.497 e. The molecule has 3 saturated carbocycles. The summed E-state index contributed by atoms with van der Waals surface area (Å²) < 4.78 is 50.1. The highest BCUT2D eigenvalue weighted by Gasteiger charge is 2.63.